The minimum Gasteiger partial charge on any atom is -0.490 e. The first-order valence-electron chi connectivity index (χ1n) is 11.4. The molecule has 0 saturated heterocycles. The molecule has 5 rings (SSSR count). The minimum atomic E-state index is -0.928. The molecule has 8 nitrogen and oxygen atoms in total. The number of rotatable bonds is 8. The SMILES string of the molecule is COC1(N(C)C)CC(Oc2ccc(Nc3nccc(Nc4cnc5cc(F)c(F)cc5c4)n3)cc2)C1. The number of pyridine rings is 1. The third kappa shape index (κ3) is 4.91. The number of methoxy groups -OCH3 is 1. The smallest absolute Gasteiger partial charge is 0.229 e. The Morgan fingerprint density at radius 2 is 1.69 bits per heavy atom. The molecule has 1 aliphatic carbocycles. The lowest BCUT2D eigenvalue weighted by Crippen LogP contribution is -2.59. The number of nitrogens with zero attached hydrogens (tertiary/aromatic N) is 4. The molecule has 0 radical (unpaired) electrons. The number of hydrogen-bond acceptors (Lipinski definition) is 8. The van der Waals surface area contributed by atoms with Crippen LogP contribution in [0.3, 0.4) is 0 Å². The Kier molecular flexibility index (Phi) is 6.38. The van der Waals surface area contributed by atoms with Gasteiger partial charge in [0.15, 0.2) is 11.6 Å². The number of hydrogen-bond donors (Lipinski definition) is 2. The molecule has 0 bridgehead atoms. The van der Waals surface area contributed by atoms with Gasteiger partial charge >= 0.3 is 0 Å². The first-order chi connectivity index (χ1) is 17.3. The van der Waals surface area contributed by atoms with E-state index in [1.165, 1.54) is 6.20 Å². The molecule has 0 aliphatic heterocycles. The molecule has 1 saturated carbocycles. The van der Waals surface area contributed by atoms with Crippen molar-refractivity contribution in [2.75, 3.05) is 31.8 Å². The molecular weight excluding hydrogens is 466 g/mol. The van der Waals surface area contributed by atoms with Gasteiger partial charge in [0.05, 0.1) is 17.4 Å². The fourth-order valence-electron chi connectivity index (χ4n) is 4.22. The zero-order valence-electron chi connectivity index (χ0n) is 20.1. The van der Waals surface area contributed by atoms with E-state index in [1.807, 2.05) is 38.4 Å². The Morgan fingerprint density at radius 3 is 2.42 bits per heavy atom. The van der Waals surface area contributed by atoms with Crippen molar-refractivity contribution in [3.63, 3.8) is 0 Å². The van der Waals surface area contributed by atoms with Gasteiger partial charge in [-0.05, 0) is 56.6 Å². The van der Waals surface area contributed by atoms with Gasteiger partial charge in [-0.3, -0.25) is 9.88 Å². The zero-order valence-corrected chi connectivity index (χ0v) is 20.1. The van der Waals surface area contributed by atoms with E-state index in [-0.39, 0.29) is 11.8 Å². The molecule has 186 valence electrons. The number of aromatic nitrogens is 3. The maximum absolute atomic E-state index is 13.6. The van der Waals surface area contributed by atoms with Gasteiger partial charge in [-0.2, -0.15) is 4.98 Å². The van der Waals surface area contributed by atoms with Crippen molar-refractivity contribution in [3.05, 3.63) is 72.6 Å². The maximum atomic E-state index is 13.6. The van der Waals surface area contributed by atoms with Crippen LogP contribution in [-0.4, -0.2) is 52.9 Å². The van der Waals surface area contributed by atoms with E-state index >= 15 is 0 Å². The van der Waals surface area contributed by atoms with Gasteiger partial charge < -0.3 is 20.1 Å². The normalized spacial score (nSPS) is 19.2. The van der Waals surface area contributed by atoms with Crippen molar-refractivity contribution in [3.8, 4) is 5.75 Å². The average Bonchev–Trinajstić information content (AvgIpc) is 2.83. The van der Waals surface area contributed by atoms with Crippen molar-refractivity contribution in [2.24, 2.45) is 0 Å². The van der Waals surface area contributed by atoms with Crippen molar-refractivity contribution >= 4 is 34.0 Å². The fraction of sp³-hybridized carbons (Fsp3) is 0.269. The summed E-state index contributed by atoms with van der Waals surface area (Å²) < 4.78 is 38.7. The van der Waals surface area contributed by atoms with Crippen LogP contribution in [-0.2, 0) is 4.74 Å². The maximum Gasteiger partial charge on any atom is 0.229 e. The van der Waals surface area contributed by atoms with Crippen LogP contribution in [0.5, 0.6) is 5.75 Å². The van der Waals surface area contributed by atoms with Crippen LogP contribution in [0.15, 0.2) is 60.9 Å². The minimum absolute atomic E-state index is 0.109. The second-order valence-electron chi connectivity index (χ2n) is 8.92. The lowest BCUT2D eigenvalue weighted by molar-refractivity contribution is -0.204. The molecule has 1 aliphatic rings. The monoisotopic (exact) mass is 492 g/mol. The van der Waals surface area contributed by atoms with Crippen LogP contribution in [0.25, 0.3) is 10.9 Å². The summed E-state index contributed by atoms with van der Waals surface area (Å²) in [5.74, 6) is -0.155. The average molecular weight is 493 g/mol. The fourth-order valence-corrected chi connectivity index (χ4v) is 4.22. The molecule has 2 aromatic heterocycles. The summed E-state index contributed by atoms with van der Waals surface area (Å²) in [6, 6.07) is 13.2. The van der Waals surface area contributed by atoms with Crippen molar-refractivity contribution < 1.29 is 18.3 Å². The predicted molar refractivity (Wildman–Crippen MR) is 134 cm³/mol. The Morgan fingerprint density at radius 1 is 0.944 bits per heavy atom. The molecule has 0 spiro atoms. The Hall–Kier alpha value is -3.89. The van der Waals surface area contributed by atoms with Crippen LogP contribution < -0.4 is 15.4 Å². The van der Waals surface area contributed by atoms with Crippen molar-refractivity contribution in [1.82, 2.24) is 19.9 Å². The molecule has 0 atom stereocenters. The molecule has 0 amide bonds. The van der Waals surface area contributed by atoms with E-state index in [9.17, 15) is 8.78 Å². The highest BCUT2D eigenvalue weighted by atomic mass is 19.2. The summed E-state index contributed by atoms with van der Waals surface area (Å²) in [6.45, 7) is 0. The summed E-state index contributed by atoms with van der Waals surface area (Å²) in [7, 11) is 5.75. The van der Waals surface area contributed by atoms with Gasteiger partial charge in [-0.15, -0.1) is 0 Å². The molecule has 2 aromatic carbocycles. The summed E-state index contributed by atoms with van der Waals surface area (Å²) >= 11 is 0. The standard InChI is InChI=1S/C26H26F2N6O2/c1-34(2)26(35-3)13-20(14-26)36-19-6-4-17(5-7-19)32-25-29-9-8-24(33-25)31-18-10-16-11-21(27)22(28)12-23(16)30-15-18/h4-12,15,20H,13-14H2,1-3H3,(H2,29,31,32,33). The van der Waals surface area contributed by atoms with Gasteiger partial charge in [-0.1, -0.05) is 0 Å². The van der Waals surface area contributed by atoms with Crippen LogP contribution >= 0.6 is 0 Å². The van der Waals surface area contributed by atoms with Crippen molar-refractivity contribution in [2.45, 2.75) is 24.7 Å². The predicted octanol–water partition coefficient (Wildman–Crippen LogP) is 5.24. The Labute approximate surface area is 207 Å². The van der Waals surface area contributed by atoms with Crippen LogP contribution in [0, 0.1) is 11.6 Å². The highest BCUT2D eigenvalue weighted by Gasteiger charge is 2.48. The second-order valence-corrected chi connectivity index (χ2v) is 8.92. The number of fused-ring (bicyclic) bond motifs is 1. The summed E-state index contributed by atoms with van der Waals surface area (Å²) in [5, 5.41) is 6.76. The number of nitrogens with one attached hydrogen (secondary N) is 2. The summed E-state index contributed by atoms with van der Waals surface area (Å²) in [5.41, 5.74) is 1.50. The molecular formula is C26H26F2N6O2. The lowest BCUT2D eigenvalue weighted by atomic mass is 9.83. The van der Waals surface area contributed by atoms with E-state index in [4.69, 9.17) is 9.47 Å². The molecule has 1 fully saturated rings. The number of anilines is 4. The zero-order chi connectivity index (χ0) is 25.3. The molecule has 10 heteroatoms. The van der Waals surface area contributed by atoms with E-state index in [0.29, 0.717) is 28.4 Å². The van der Waals surface area contributed by atoms with Gasteiger partial charge in [0, 0.05) is 43.3 Å². The van der Waals surface area contributed by atoms with Gasteiger partial charge in [0.1, 0.15) is 23.4 Å². The molecule has 36 heavy (non-hydrogen) atoms. The van der Waals surface area contributed by atoms with Crippen LogP contribution in [0.4, 0.5) is 31.9 Å². The largest absolute Gasteiger partial charge is 0.490 e. The Bertz CT molecular complexity index is 1380. The summed E-state index contributed by atoms with van der Waals surface area (Å²) in [6.07, 6.45) is 4.87. The number of halogens is 2. The van der Waals surface area contributed by atoms with E-state index < -0.39 is 11.6 Å². The van der Waals surface area contributed by atoms with Crippen LogP contribution in [0.2, 0.25) is 0 Å². The van der Waals surface area contributed by atoms with E-state index in [0.717, 1.165) is 36.4 Å². The highest BCUT2D eigenvalue weighted by Crippen LogP contribution is 2.39. The first kappa shape index (κ1) is 23.8. The van der Waals surface area contributed by atoms with Gasteiger partial charge in [0.25, 0.3) is 0 Å². The molecule has 4 aromatic rings. The first-order valence-corrected chi connectivity index (χ1v) is 11.4. The third-order valence-electron chi connectivity index (χ3n) is 6.35. The van der Waals surface area contributed by atoms with E-state index in [2.05, 4.69) is 30.5 Å². The highest BCUT2D eigenvalue weighted by molar-refractivity contribution is 5.82. The molecule has 2 heterocycles. The number of ether oxygens (including phenoxy) is 2. The van der Waals surface area contributed by atoms with E-state index in [1.54, 1.807) is 25.4 Å². The Balaban J connectivity index is 1.21. The molecule has 0 unspecified atom stereocenters. The second kappa shape index (κ2) is 9.63. The van der Waals surface area contributed by atoms with Gasteiger partial charge in [-0.25, -0.2) is 13.8 Å². The third-order valence-corrected chi connectivity index (χ3v) is 6.35. The number of benzene rings is 2. The van der Waals surface area contributed by atoms with Gasteiger partial charge in [0.2, 0.25) is 5.95 Å². The van der Waals surface area contributed by atoms with Crippen molar-refractivity contribution in [1.29, 1.82) is 0 Å². The quantitative estimate of drug-likeness (QED) is 0.323. The van der Waals surface area contributed by atoms with Crippen LogP contribution in [0.1, 0.15) is 12.8 Å². The summed E-state index contributed by atoms with van der Waals surface area (Å²) in [4.78, 5) is 15.0. The topological polar surface area (TPSA) is 84.4 Å². The lowest BCUT2D eigenvalue weighted by Gasteiger charge is -2.50. The molecule has 2 N–H and O–H groups in total.